The number of benzene rings is 1. The van der Waals surface area contributed by atoms with Crippen molar-refractivity contribution in [3.8, 4) is 17.0 Å². The molecule has 138 valence electrons. The standard InChI is InChI=1S/C21H22N4O2/c1-11-16(10-22-25(11)4)17-7-14(13-5-6-13)15-8-19-20(9-18(15)23-17)27-12(2)21(26)24(19)3/h7-10,12-13H,5-6H2,1-4H3. The number of hydrogen-bond acceptors (Lipinski definition) is 4. The number of rotatable bonds is 2. The Kier molecular flexibility index (Phi) is 3.35. The van der Waals surface area contributed by atoms with Gasteiger partial charge in [0.15, 0.2) is 6.10 Å². The van der Waals surface area contributed by atoms with E-state index in [9.17, 15) is 4.79 Å². The highest BCUT2D eigenvalue weighted by atomic mass is 16.5. The first-order valence-corrected chi connectivity index (χ1v) is 9.36. The van der Waals surface area contributed by atoms with Crippen LogP contribution >= 0.6 is 0 Å². The number of fused-ring (bicyclic) bond motifs is 2. The van der Waals surface area contributed by atoms with Crippen LogP contribution in [0.1, 0.15) is 36.9 Å². The van der Waals surface area contributed by atoms with E-state index in [2.05, 4.69) is 24.2 Å². The van der Waals surface area contributed by atoms with Crippen LogP contribution in [0, 0.1) is 6.92 Å². The van der Waals surface area contributed by atoms with Gasteiger partial charge in [-0.25, -0.2) is 4.98 Å². The van der Waals surface area contributed by atoms with E-state index in [4.69, 9.17) is 9.72 Å². The minimum absolute atomic E-state index is 0.0228. The molecule has 2 aromatic heterocycles. The Morgan fingerprint density at radius 3 is 2.63 bits per heavy atom. The molecular weight excluding hydrogens is 340 g/mol. The van der Waals surface area contributed by atoms with Crippen molar-refractivity contribution < 1.29 is 9.53 Å². The Bertz CT molecular complexity index is 1100. The number of aryl methyl sites for hydroxylation is 1. The van der Waals surface area contributed by atoms with Gasteiger partial charge < -0.3 is 9.64 Å². The van der Waals surface area contributed by atoms with Gasteiger partial charge in [-0.15, -0.1) is 0 Å². The van der Waals surface area contributed by atoms with Crippen molar-refractivity contribution in [1.82, 2.24) is 14.8 Å². The molecule has 0 saturated heterocycles. The second kappa shape index (κ2) is 5.55. The van der Waals surface area contributed by atoms with Gasteiger partial charge in [0.1, 0.15) is 5.75 Å². The lowest BCUT2D eigenvalue weighted by Crippen LogP contribution is -2.41. The minimum atomic E-state index is -0.480. The van der Waals surface area contributed by atoms with E-state index in [-0.39, 0.29) is 5.91 Å². The molecule has 1 unspecified atom stereocenters. The number of pyridine rings is 1. The van der Waals surface area contributed by atoms with Crippen molar-refractivity contribution in [2.45, 2.75) is 38.7 Å². The predicted octanol–water partition coefficient (Wildman–Crippen LogP) is 3.56. The molecule has 0 bridgehead atoms. The summed E-state index contributed by atoms with van der Waals surface area (Å²) in [6, 6.07) is 6.24. The lowest BCUT2D eigenvalue weighted by molar-refractivity contribution is -0.125. The maximum Gasteiger partial charge on any atom is 0.267 e. The van der Waals surface area contributed by atoms with Crippen LogP contribution in [0.5, 0.6) is 5.75 Å². The van der Waals surface area contributed by atoms with Gasteiger partial charge in [-0.05, 0) is 50.3 Å². The van der Waals surface area contributed by atoms with E-state index in [0.29, 0.717) is 11.7 Å². The average molecular weight is 362 g/mol. The second-order valence-electron chi connectivity index (χ2n) is 7.63. The zero-order valence-electron chi connectivity index (χ0n) is 16.0. The van der Waals surface area contributed by atoms with Gasteiger partial charge in [-0.3, -0.25) is 9.48 Å². The van der Waals surface area contributed by atoms with Gasteiger partial charge >= 0.3 is 0 Å². The quantitative estimate of drug-likeness (QED) is 0.699. The van der Waals surface area contributed by atoms with Gasteiger partial charge in [0.25, 0.3) is 5.91 Å². The molecule has 6 heteroatoms. The van der Waals surface area contributed by atoms with Crippen LogP contribution in [0.3, 0.4) is 0 Å². The number of aromatic nitrogens is 3. The van der Waals surface area contributed by atoms with Crippen LogP contribution in [0.2, 0.25) is 0 Å². The van der Waals surface area contributed by atoms with Crippen LogP contribution in [0.25, 0.3) is 22.2 Å². The van der Waals surface area contributed by atoms with Crippen LogP contribution in [-0.2, 0) is 11.8 Å². The number of amides is 1. The molecule has 5 rings (SSSR count). The second-order valence-corrected chi connectivity index (χ2v) is 7.63. The van der Waals surface area contributed by atoms with Crippen molar-refractivity contribution >= 4 is 22.5 Å². The third-order valence-electron chi connectivity index (χ3n) is 5.79. The summed E-state index contributed by atoms with van der Waals surface area (Å²) in [5.74, 6) is 1.26. The van der Waals surface area contributed by atoms with Gasteiger partial charge in [0.2, 0.25) is 0 Å². The van der Waals surface area contributed by atoms with Gasteiger partial charge in [-0.1, -0.05) is 0 Å². The summed E-state index contributed by atoms with van der Waals surface area (Å²) in [6.07, 6.45) is 3.80. The molecule has 3 aromatic rings. The highest BCUT2D eigenvalue weighted by Gasteiger charge is 2.32. The van der Waals surface area contributed by atoms with Gasteiger partial charge in [0.05, 0.1) is 23.1 Å². The molecule has 0 N–H and O–H groups in total. The molecule has 1 atom stereocenters. The van der Waals surface area contributed by atoms with E-state index < -0.39 is 6.10 Å². The number of likely N-dealkylation sites (N-methyl/N-ethyl adjacent to an activating group) is 1. The maximum absolute atomic E-state index is 12.3. The lowest BCUT2D eigenvalue weighted by atomic mass is 9.99. The fourth-order valence-corrected chi connectivity index (χ4v) is 3.88. The van der Waals surface area contributed by atoms with Crippen LogP contribution in [-0.4, -0.2) is 33.8 Å². The highest BCUT2D eigenvalue weighted by molar-refractivity contribution is 6.02. The molecule has 1 aliphatic heterocycles. The molecular formula is C21H22N4O2. The smallest absolute Gasteiger partial charge is 0.267 e. The molecule has 1 saturated carbocycles. The van der Waals surface area contributed by atoms with E-state index in [1.54, 1.807) is 11.8 Å². The Labute approximate surface area is 157 Å². The van der Waals surface area contributed by atoms with Crippen molar-refractivity contribution in [2.24, 2.45) is 7.05 Å². The maximum atomic E-state index is 12.3. The molecule has 6 nitrogen and oxygen atoms in total. The number of anilines is 1. The highest BCUT2D eigenvalue weighted by Crippen LogP contribution is 2.46. The molecule has 1 aliphatic carbocycles. The van der Waals surface area contributed by atoms with E-state index in [1.807, 2.05) is 31.0 Å². The van der Waals surface area contributed by atoms with Crippen LogP contribution in [0.4, 0.5) is 5.69 Å². The molecule has 1 amide bonds. The topological polar surface area (TPSA) is 60.2 Å². The summed E-state index contributed by atoms with van der Waals surface area (Å²) in [5, 5.41) is 5.48. The molecule has 0 radical (unpaired) electrons. The molecule has 0 spiro atoms. The van der Waals surface area contributed by atoms with Crippen molar-refractivity contribution in [3.05, 3.63) is 35.7 Å². The predicted molar refractivity (Wildman–Crippen MR) is 104 cm³/mol. The number of nitrogens with zero attached hydrogens (tertiary/aromatic N) is 4. The Morgan fingerprint density at radius 1 is 1.19 bits per heavy atom. The van der Waals surface area contributed by atoms with Crippen molar-refractivity contribution in [3.63, 3.8) is 0 Å². The summed E-state index contributed by atoms with van der Waals surface area (Å²) in [4.78, 5) is 18.9. The monoisotopic (exact) mass is 362 g/mol. The summed E-state index contributed by atoms with van der Waals surface area (Å²) >= 11 is 0. The molecule has 27 heavy (non-hydrogen) atoms. The number of ether oxygens (including phenoxy) is 1. The summed E-state index contributed by atoms with van der Waals surface area (Å²) in [7, 11) is 3.75. The largest absolute Gasteiger partial charge is 0.479 e. The fraction of sp³-hybridized carbons (Fsp3) is 0.381. The first-order chi connectivity index (χ1) is 12.9. The number of carbonyl (C=O) groups excluding carboxylic acids is 1. The lowest BCUT2D eigenvalue weighted by Gasteiger charge is -2.30. The molecule has 3 heterocycles. The SMILES string of the molecule is Cc1c(-c2cc(C3CC3)c3cc4c(cc3n2)OC(C)C(=O)N4C)cnn1C. The third-order valence-corrected chi connectivity index (χ3v) is 5.79. The first-order valence-electron chi connectivity index (χ1n) is 9.36. The Hall–Kier alpha value is -2.89. The molecule has 1 aromatic carbocycles. The van der Waals surface area contributed by atoms with Gasteiger partial charge in [-0.2, -0.15) is 5.10 Å². The third kappa shape index (κ3) is 2.43. The Balaban J connectivity index is 1.75. The zero-order chi connectivity index (χ0) is 18.9. The number of hydrogen-bond donors (Lipinski definition) is 0. The summed E-state index contributed by atoms with van der Waals surface area (Å²) in [6.45, 7) is 3.84. The first kappa shape index (κ1) is 16.3. The van der Waals surface area contributed by atoms with Crippen LogP contribution in [0.15, 0.2) is 24.4 Å². The van der Waals surface area contributed by atoms with E-state index in [1.165, 1.54) is 18.4 Å². The summed E-state index contributed by atoms with van der Waals surface area (Å²) in [5.41, 5.74) is 6.13. The minimum Gasteiger partial charge on any atom is -0.479 e. The van der Waals surface area contributed by atoms with E-state index in [0.717, 1.165) is 33.5 Å². The van der Waals surface area contributed by atoms with E-state index >= 15 is 0 Å². The average Bonchev–Trinajstić information content (AvgIpc) is 3.44. The zero-order valence-corrected chi connectivity index (χ0v) is 16.0. The number of carbonyl (C=O) groups is 1. The molecule has 2 aliphatic rings. The van der Waals surface area contributed by atoms with Crippen molar-refractivity contribution in [2.75, 3.05) is 11.9 Å². The van der Waals surface area contributed by atoms with Crippen LogP contribution < -0.4 is 9.64 Å². The summed E-state index contributed by atoms with van der Waals surface area (Å²) < 4.78 is 7.74. The normalized spacial score (nSPS) is 19.3. The van der Waals surface area contributed by atoms with Gasteiger partial charge in [0, 0.05) is 36.8 Å². The fourth-order valence-electron chi connectivity index (χ4n) is 3.88. The Morgan fingerprint density at radius 2 is 1.96 bits per heavy atom. The molecule has 1 fully saturated rings. The van der Waals surface area contributed by atoms with Crippen molar-refractivity contribution in [1.29, 1.82) is 0 Å².